The number of hydrogen-bond acceptors (Lipinski definition) is 3. The molecule has 0 bridgehead atoms. The van der Waals surface area contributed by atoms with Crippen molar-refractivity contribution < 1.29 is 9.52 Å². The first kappa shape index (κ1) is 13.6. The predicted molar refractivity (Wildman–Crippen MR) is 72.3 cm³/mol. The second kappa shape index (κ2) is 6.39. The Bertz CT molecular complexity index is 326. The number of hydrogen-bond donors (Lipinski definition) is 1. The molecule has 0 saturated heterocycles. The molecule has 0 aliphatic heterocycles. The van der Waals surface area contributed by atoms with Gasteiger partial charge in [0, 0.05) is 18.6 Å². The third-order valence-corrected chi connectivity index (χ3v) is 4.11. The second-order valence-corrected chi connectivity index (χ2v) is 5.82. The summed E-state index contributed by atoms with van der Waals surface area (Å²) in [4.78, 5) is 2.28. The van der Waals surface area contributed by atoms with Crippen LogP contribution in [0.1, 0.15) is 44.3 Å². The Kier molecular flexibility index (Phi) is 4.84. The van der Waals surface area contributed by atoms with Gasteiger partial charge in [-0.3, -0.25) is 4.90 Å². The lowest BCUT2D eigenvalue weighted by atomic mass is 9.80. The highest BCUT2D eigenvalue weighted by Crippen LogP contribution is 2.35. The van der Waals surface area contributed by atoms with Crippen LogP contribution in [0, 0.1) is 5.41 Å². The summed E-state index contributed by atoms with van der Waals surface area (Å²) < 4.78 is 5.38. The first-order valence-corrected chi connectivity index (χ1v) is 7.06. The zero-order chi connectivity index (χ0) is 12.8. The van der Waals surface area contributed by atoms with Crippen molar-refractivity contribution in [3.63, 3.8) is 0 Å². The van der Waals surface area contributed by atoms with E-state index in [0.717, 1.165) is 31.7 Å². The second-order valence-electron chi connectivity index (χ2n) is 5.82. The topological polar surface area (TPSA) is 36.6 Å². The molecular weight excluding hydrogens is 226 g/mol. The summed E-state index contributed by atoms with van der Waals surface area (Å²) in [5.41, 5.74) is 0.109. The van der Waals surface area contributed by atoms with E-state index < -0.39 is 0 Å². The van der Waals surface area contributed by atoms with Gasteiger partial charge in [0.25, 0.3) is 0 Å². The van der Waals surface area contributed by atoms with Crippen molar-refractivity contribution in [2.45, 2.75) is 45.1 Å². The Hall–Kier alpha value is -0.800. The van der Waals surface area contributed by atoms with Crippen molar-refractivity contribution in [3.05, 3.63) is 24.2 Å². The van der Waals surface area contributed by atoms with Crippen molar-refractivity contribution in [2.75, 3.05) is 20.2 Å². The summed E-state index contributed by atoms with van der Waals surface area (Å²) in [7, 11) is 2.12. The Morgan fingerprint density at radius 1 is 1.28 bits per heavy atom. The highest BCUT2D eigenvalue weighted by Gasteiger charge is 2.31. The number of furan rings is 1. The molecule has 1 N–H and O–H groups in total. The molecule has 0 spiro atoms. The minimum atomic E-state index is 0.109. The van der Waals surface area contributed by atoms with Gasteiger partial charge in [0.2, 0.25) is 0 Å². The maximum Gasteiger partial charge on any atom is 0.117 e. The maximum atomic E-state index is 9.79. The van der Waals surface area contributed by atoms with E-state index in [9.17, 15) is 5.11 Å². The third-order valence-electron chi connectivity index (χ3n) is 4.11. The molecule has 1 fully saturated rings. The van der Waals surface area contributed by atoms with Gasteiger partial charge in [0.15, 0.2) is 0 Å². The van der Waals surface area contributed by atoms with E-state index in [1.165, 1.54) is 25.7 Å². The molecule has 1 aromatic rings. The van der Waals surface area contributed by atoms with Gasteiger partial charge in [0.05, 0.1) is 12.8 Å². The highest BCUT2D eigenvalue weighted by atomic mass is 16.3. The molecule has 1 aliphatic rings. The lowest BCUT2D eigenvalue weighted by Gasteiger charge is -2.34. The number of aliphatic hydroxyl groups is 1. The van der Waals surface area contributed by atoms with Gasteiger partial charge in [-0.2, -0.15) is 0 Å². The Labute approximate surface area is 110 Å². The predicted octanol–water partition coefficient (Wildman–Crippen LogP) is 3.04. The smallest absolute Gasteiger partial charge is 0.117 e. The highest BCUT2D eigenvalue weighted by molar-refractivity contribution is 4.98. The summed E-state index contributed by atoms with van der Waals surface area (Å²) in [5.74, 6) is 0.999. The molecule has 0 amide bonds. The fourth-order valence-electron chi connectivity index (χ4n) is 3.14. The SMILES string of the molecule is CN(Cc1ccco1)CC1(CO)CCCCCC1. The Morgan fingerprint density at radius 3 is 2.56 bits per heavy atom. The number of nitrogens with zero attached hydrogens (tertiary/aromatic N) is 1. The summed E-state index contributed by atoms with van der Waals surface area (Å²) in [5, 5.41) is 9.79. The van der Waals surface area contributed by atoms with Crippen molar-refractivity contribution in [3.8, 4) is 0 Å². The lowest BCUT2D eigenvalue weighted by Crippen LogP contribution is -2.38. The molecule has 102 valence electrons. The lowest BCUT2D eigenvalue weighted by molar-refractivity contribution is 0.0642. The van der Waals surface area contributed by atoms with Crippen LogP contribution in [0.2, 0.25) is 0 Å². The zero-order valence-corrected chi connectivity index (χ0v) is 11.4. The van der Waals surface area contributed by atoms with Crippen LogP contribution in [0.25, 0.3) is 0 Å². The van der Waals surface area contributed by atoms with E-state index in [4.69, 9.17) is 4.42 Å². The molecule has 1 aromatic heterocycles. The fraction of sp³-hybridized carbons (Fsp3) is 0.733. The molecule has 0 radical (unpaired) electrons. The summed E-state index contributed by atoms with van der Waals surface area (Å²) in [6, 6.07) is 3.94. The van der Waals surface area contributed by atoms with Gasteiger partial charge < -0.3 is 9.52 Å². The van der Waals surface area contributed by atoms with E-state index in [0.29, 0.717) is 6.61 Å². The van der Waals surface area contributed by atoms with Crippen molar-refractivity contribution >= 4 is 0 Å². The van der Waals surface area contributed by atoms with Crippen LogP contribution in [0.5, 0.6) is 0 Å². The van der Waals surface area contributed by atoms with Crippen LogP contribution in [0.3, 0.4) is 0 Å². The van der Waals surface area contributed by atoms with Crippen molar-refractivity contribution in [1.82, 2.24) is 4.90 Å². The molecule has 1 heterocycles. The van der Waals surface area contributed by atoms with Gasteiger partial charge in [0.1, 0.15) is 5.76 Å². The van der Waals surface area contributed by atoms with Gasteiger partial charge in [-0.1, -0.05) is 25.7 Å². The standard InChI is InChI=1S/C15H25NO2/c1-16(11-14-7-6-10-18-14)12-15(13-17)8-4-2-3-5-9-15/h6-7,10,17H,2-5,8-9,11-13H2,1H3. The minimum absolute atomic E-state index is 0.109. The molecule has 3 heteroatoms. The molecular formula is C15H25NO2. The normalized spacial score (nSPS) is 19.9. The largest absolute Gasteiger partial charge is 0.468 e. The average Bonchev–Trinajstić information content (AvgIpc) is 2.74. The van der Waals surface area contributed by atoms with E-state index in [1.807, 2.05) is 12.1 Å². The quantitative estimate of drug-likeness (QED) is 0.817. The zero-order valence-electron chi connectivity index (χ0n) is 11.4. The first-order valence-electron chi connectivity index (χ1n) is 7.06. The minimum Gasteiger partial charge on any atom is -0.468 e. The van der Waals surface area contributed by atoms with Crippen molar-refractivity contribution in [2.24, 2.45) is 5.41 Å². The van der Waals surface area contributed by atoms with Crippen LogP contribution in [0.15, 0.2) is 22.8 Å². The summed E-state index contributed by atoms with van der Waals surface area (Å²) in [6.45, 7) is 2.11. The van der Waals surface area contributed by atoms with Crippen molar-refractivity contribution in [1.29, 1.82) is 0 Å². The maximum absolute atomic E-state index is 9.79. The average molecular weight is 251 g/mol. The fourth-order valence-corrected chi connectivity index (χ4v) is 3.14. The number of rotatable bonds is 5. The monoisotopic (exact) mass is 251 g/mol. The van der Waals surface area contributed by atoms with Gasteiger partial charge >= 0.3 is 0 Å². The summed E-state index contributed by atoms with van der Waals surface area (Å²) in [6.07, 6.45) is 9.20. The first-order chi connectivity index (χ1) is 8.74. The Morgan fingerprint density at radius 2 is 2.00 bits per heavy atom. The molecule has 2 rings (SSSR count). The molecule has 1 aliphatic carbocycles. The van der Waals surface area contributed by atoms with Crippen LogP contribution < -0.4 is 0 Å². The van der Waals surface area contributed by atoms with Gasteiger partial charge in [-0.15, -0.1) is 0 Å². The molecule has 0 unspecified atom stereocenters. The van der Waals surface area contributed by atoms with Gasteiger partial charge in [-0.25, -0.2) is 0 Å². The third kappa shape index (κ3) is 3.59. The van der Waals surface area contributed by atoms with E-state index in [1.54, 1.807) is 6.26 Å². The summed E-state index contributed by atoms with van der Waals surface area (Å²) >= 11 is 0. The Balaban J connectivity index is 1.91. The van der Waals surface area contributed by atoms with Gasteiger partial charge in [-0.05, 0) is 32.0 Å². The van der Waals surface area contributed by atoms with Crippen LogP contribution in [-0.2, 0) is 6.54 Å². The molecule has 1 saturated carbocycles. The molecule has 3 nitrogen and oxygen atoms in total. The number of aliphatic hydroxyl groups excluding tert-OH is 1. The van der Waals surface area contributed by atoms with Crippen LogP contribution in [-0.4, -0.2) is 30.2 Å². The molecule has 18 heavy (non-hydrogen) atoms. The van der Waals surface area contributed by atoms with Crippen LogP contribution >= 0.6 is 0 Å². The molecule has 0 atom stereocenters. The van der Waals surface area contributed by atoms with Crippen LogP contribution in [0.4, 0.5) is 0 Å². The van der Waals surface area contributed by atoms with E-state index in [2.05, 4.69) is 11.9 Å². The molecule has 0 aromatic carbocycles. The van der Waals surface area contributed by atoms with E-state index >= 15 is 0 Å². The van der Waals surface area contributed by atoms with E-state index in [-0.39, 0.29) is 5.41 Å².